The molecule has 0 aromatic carbocycles. The summed E-state index contributed by atoms with van der Waals surface area (Å²) in [6, 6.07) is 1.06. The Labute approximate surface area is 124 Å². The fraction of sp³-hybridized carbons (Fsp3) is 0.333. The van der Waals surface area contributed by atoms with Gasteiger partial charge in [0.1, 0.15) is 11.4 Å². The SMILES string of the molecule is CC(C)[C@@H](Sc1ncnc2ccsc12)C(=O)NC(N)=O. The third-order valence-corrected chi connectivity index (χ3v) is 5.14. The molecule has 3 N–H and O–H groups in total. The first-order valence-corrected chi connectivity index (χ1v) is 7.70. The number of hydrogen-bond acceptors (Lipinski definition) is 6. The molecule has 3 amide bonds. The van der Waals surface area contributed by atoms with Gasteiger partial charge in [-0.1, -0.05) is 25.6 Å². The third kappa shape index (κ3) is 3.26. The Morgan fingerprint density at radius 2 is 2.15 bits per heavy atom. The van der Waals surface area contributed by atoms with E-state index in [4.69, 9.17) is 5.73 Å². The maximum atomic E-state index is 12.0. The summed E-state index contributed by atoms with van der Waals surface area (Å²) >= 11 is 2.84. The molecule has 0 radical (unpaired) electrons. The zero-order chi connectivity index (χ0) is 14.7. The summed E-state index contributed by atoms with van der Waals surface area (Å²) in [5.74, 6) is -0.370. The van der Waals surface area contributed by atoms with Crippen molar-refractivity contribution in [2.24, 2.45) is 11.7 Å². The fourth-order valence-electron chi connectivity index (χ4n) is 1.66. The summed E-state index contributed by atoms with van der Waals surface area (Å²) < 4.78 is 0.940. The normalized spacial score (nSPS) is 12.6. The zero-order valence-corrected chi connectivity index (χ0v) is 12.6. The van der Waals surface area contributed by atoms with Gasteiger partial charge in [0, 0.05) is 0 Å². The monoisotopic (exact) mass is 310 g/mol. The number of urea groups is 1. The Morgan fingerprint density at radius 3 is 2.80 bits per heavy atom. The predicted octanol–water partition coefficient (Wildman–Crippen LogP) is 2.00. The summed E-state index contributed by atoms with van der Waals surface area (Å²) in [5.41, 5.74) is 5.85. The fourth-order valence-corrected chi connectivity index (χ4v) is 3.67. The van der Waals surface area contributed by atoms with Crippen LogP contribution in [0.5, 0.6) is 0 Å². The topological polar surface area (TPSA) is 98.0 Å². The molecule has 0 spiro atoms. The van der Waals surface area contributed by atoms with Crippen molar-refractivity contribution in [1.82, 2.24) is 15.3 Å². The van der Waals surface area contributed by atoms with Crippen LogP contribution in [0.1, 0.15) is 13.8 Å². The second-order valence-electron chi connectivity index (χ2n) is 4.45. The summed E-state index contributed by atoms with van der Waals surface area (Å²) in [5, 5.41) is 4.35. The quantitative estimate of drug-likeness (QED) is 0.665. The van der Waals surface area contributed by atoms with E-state index in [-0.39, 0.29) is 5.92 Å². The maximum absolute atomic E-state index is 12.0. The standard InChI is InChI=1S/C12H14N4O2S2/c1-6(2)8(10(17)16-12(13)18)20-11-9-7(3-4-19-9)14-5-15-11/h3-6,8H,1-2H3,(H3,13,16,17,18)/t8-/m1/s1. The Hall–Kier alpha value is -1.67. The first-order chi connectivity index (χ1) is 9.49. The highest BCUT2D eigenvalue weighted by atomic mass is 32.2. The van der Waals surface area contributed by atoms with E-state index in [2.05, 4.69) is 15.3 Å². The van der Waals surface area contributed by atoms with Gasteiger partial charge < -0.3 is 5.73 Å². The van der Waals surface area contributed by atoms with E-state index in [1.54, 1.807) is 0 Å². The molecule has 6 nitrogen and oxygen atoms in total. The Morgan fingerprint density at radius 1 is 1.40 bits per heavy atom. The van der Waals surface area contributed by atoms with Crippen molar-refractivity contribution in [3.05, 3.63) is 17.8 Å². The molecule has 0 saturated carbocycles. The van der Waals surface area contributed by atoms with Gasteiger partial charge in [0.15, 0.2) is 0 Å². The van der Waals surface area contributed by atoms with E-state index < -0.39 is 17.2 Å². The predicted molar refractivity (Wildman–Crippen MR) is 79.6 cm³/mol. The van der Waals surface area contributed by atoms with Crippen LogP contribution in [0.3, 0.4) is 0 Å². The van der Waals surface area contributed by atoms with Crippen molar-refractivity contribution in [1.29, 1.82) is 0 Å². The van der Waals surface area contributed by atoms with Gasteiger partial charge in [-0.05, 0) is 17.4 Å². The first kappa shape index (κ1) is 14.7. The number of rotatable bonds is 4. The van der Waals surface area contributed by atoms with Crippen molar-refractivity contribution in [2.75, 3.05) is 0 Å². The van der Waals surface area contributed by atoms with E-state index in [0.29, 0.717) is 0 Å². The Bertz CT molecular complexity index is 641. The average molecular weight is 310 g/mol. The van der Waals surface area contributed by atoms with Crippen molar-refractivity contribution in [3.63, 3.8) is 0 Å². The van der Waals surface area contributed by atoms with Crippen LogP contribution in [0.25, 0.3) is 10.2 Å². The number of carbonyl (C=O) groups excluding carboxylic acids is 2. The molecular formula is C12H14N4O2S2. The van der Waals surface area contributed by atoms with E-state index in [9.17, 15) is 9.59 Å². The number of thioether (sulfide) groups is 1. The molecule has 0 aliphatic rings. The van der Waals surface area contributed by atoms with Crippen LogP contribution in [-0.4, -0.2) is 27.2 Å². The second-order valence-corrected chi connectivity index (χ2v) is 6.50. The van der Waals surface area contributed by atoms with Crippen molar-refractivity contribution in [2.45, 2.75) is 24.1 Å². The second kappa shape index (κ2) is 6.19. The lowest BCUT2D eigenvalue weighted by molar-refractivity contribution is -0.120. The highest BCUT2D eigenvalue weighted by Crippen LogP contribution is 2.33. The molecular weight excluding hydrogens is 296 g/mol. The van der Waals surface area contributed by atoms with Gasteiger partial charge >= 0.3 is 6.03 Å². The Kier molecular flexibility index (Phi) is 4.56. The number of nitrogens with zero attached hydrogens (tertiary/aromatic N) is 2. The van der Waals surface area contributed by atoms with Gasteiger partial charge in [0.2, 0.25) is 5.91 Å². The van der Waals surface area contributed by atoms with Gasteiger partial charge in [-0.2, -0.15) is 0 Å². The number of fused-ring (bicyclic) bond motifs is 1. The number of primary amides is 1. The summed E-state index contributed by atoms with van der Waals surface area (Å²) in [4.78, 5) is 31.2. The summed E-state index contributed by atoms with van der Waals surface area (Å²) in [6.07, 6.45) is 1.47. The number of thiophene rings is 1. The third-order valence-electron chi connectivity index (χ3n) is 2.56. The van der Waals surface area contributed by atoms with Gasteiger partial charge in [-0.25, -0.2) is 14.8 Å². The lowest BCUT2D eigenvalue weighted by atomic mass is 10.1. The van der Waals surface area contributed by atoms with Crippen LogP contribution < -0.4 is 11.1 Å². The van der Waals surface area contributed by atoms with Crippen molar-refractivity contribution in [3.8, 4) is 0 Å². The Balaban J connectivity index is 2.26. The molecule has 8 heteroatoms. The van der Waals surface area contributed by atoms with E-state index >= 15 is 0 Å². The van der Waals surface area contributed by atoms with Gasteiger partial charge in [-0.15, -0.1) is 11.3 Å². The van der Waals surface area contributed by atoms with Gasteiger partial charge in [0.25, 0.3) is 0 Å². The molecule has 2 aromatic rings. The molecule has 2 rings (SSSR count). The van der Waals surface area contributed by atoms with Crippen molar-refractivity contribution >= 4 is 45.3 Å². The van der Waals surface area contributed by atoms with Gasteiger partial charge in [-0.3, -0.25) is 10.1 Å². The van der Waals surface area contributed by atoms with Gasteiger partial charge in [0.05, 0.1) is 15.5 Å². The van der Waals surface area contributed by atoms with Crippen molar-refractivity contribution < 1.29 is 9.59 Å². The zero-order valence-electron chi connectivity index (χ0n) is 11.0. The number of imide groups is 1. The molecule has 0 aliphatic carbocycles. The lowest BCUT2D eigenvalue weighted by Crippen LogP contribution is -2.42. The van der Waals surface area contributed by atoms with Crippen LogP contribution in [0.15, 0.2) is 22.8 Å². The van der Waals surface area contributed by atoms with Crippen LogP contribution in [-0.2, 0) is 4.79 Å². The average Bonchev–Trinajstić information content (AvgIpc) is 2.83. The molecule has 0 aliphatic heterocycles. The van der Waals surface area contributed by atoms with Crippen LogP contribution in [0.2, 0.25) is 0 Å². The van der Waals surface area contributed by atoms with Crippen LogP contribution in [0, 0.1) is 5.92 Å². The molecule has 0 bridgehead atoms. The molecule has 0 fully saturated rings. The number of nitrogens with one attached hydrogen (secondary N) is 1. The smallest absolute Gasteiger partial charge is 0.318 e. The highest BCUT2D eigenvalue weighted by molar-refractivity contribution is 8.00. The molecule has 0 saturated heterocycles. The van der Waals surface area contributed by atoms with E-state index in [0.717, 1.165) is 15.2 Å². The molecule has 106 valence electrons. The molecule has 20 heavy (non-hydrogen) atoms. The number of nitrogens with two attached hydrogens (primary N) is 1. The summed E-state index contributed by atoms with van der Waals surface area (Å²) in [7, 11) is 0. The molecule has 2 aromatic heterocycles. The molecule has 0 unspecified atom stereocenters. The first-order valence-electron chi connectivity index (χ1n) is 5.94. The highest BCUT2D eigenvalue weighted by Gasteiger charge is 2.26. The van der Waals surface area contributed by atoms with Crippen LogP contribution in [0.4, 0.5) is 4.79 Å². The molecule has 2 heterocycles. The largest absolute Gasteiger partial charge is 0.351 e. The lowest BCUT2D eigenvalue weighted by Gasteiger charge is -2.18. The van der Waals surface area contributed by atoms with E-state index in [1.165, 1.54) is 29.4 Å². The number of amides is 3. The molecule has 1 atom stereocenters. The number of hydrogen-bond donors (Lipinski definition) is 2. The summed E-state index contributed by atoms with van der Waals surface area (Å²) in [6.45, 7) is 3.82. The number of aromatic nitrogens is 2. The minimum Gasteiger partial charge on any atom is -0.351 e. The minimum absolute atomic E-state index is 0.0318. The van der Waals surface area contributed by atoms with E-state index in [1.807, 2.05) is 25.3 Å². The number of carbonyl (C=O) groups is 2. The minimum atomic E-state index is -0.842. The maximum Gasteiger partial charge on any atom is 0.318 e. The van der Waals surface area contributed by atoms with Crippen LogP contribution >= 0.6 is 23.1 Å².